The van der Waals surface area contributed by atoms with Crippen molar-refractivity contribution in [2.75, 3.05) is 26.2 Å². The average molecular weight is 409 g/mol. The number of pyridine rings is 1. The Labute approximate surface area is 176 Å². The van der Waals surface area contributed by atoms with Crippen LogP contribution in [0.2, 0.25) is 0 Å². The first-order valence-corrected chi connectivity index (χ1v) is 10.6. The Kier molecular flexibility index (Phi) is 5.92. The third-order valence-electron chi connectivity index (χ3n) is 5.96. The third-order valence-corrected chi connectivity index (χ3v) is 5.96. The number of hydrazone groups is 1. The van der Waals surface area contributed by atoms with Crippen molar-refractivity contribution in [3.8, 4) is 0 Å². The molecule has 3 amide bonds. The number of amides is 3. The van der Waals surface area contributed by atoms with Gasteiger partial charge in [0.2, 0.25) is 5.91 Å². The van der Waals surface area contributed by atoms with Crippen molar-refractivity contribution in [2.45, 2.75) is 44.9 Å². The summed E-state index contributed by atoms with van der Waals surface area (Å²) in [6.45, 7) is 4.49. The summed E-state index contributed by atoms with van der Waals surface area (Å²) in [6, 6.07) is 3.79. The highest BCUT2D eigenvalue weighted by Gasteiger charge is 2.31. The highest BCUT2D eigenvalue weighted by molar-refractivity contribution is 6.39. The van der Waals surface area contributed by atoms with Crippen LogP contribution in [-0.2, 0) is 9.59 Å². The second-order valence-electron chi connectivity index (χ2n) is 8.06. The average Bonchev–Trinajstić information content (AvgIpc) is 2.79. The molecule has 4 heterocycles. The second-order valence-corrected chi connectivity index (χ2v) is 8.06. The van der Waals surface area contributed by atoms with Crippen molar-refractivity contribution in [3.63, 3.8) is 0 Å². The van der Waals surface area contributed by atoms with E-state index in [1.165, 1.54) is 0 Å². The maximum absolute atomic E-state index is 13.1. The Hall–Kier alpha value is -3.03. The zero-order chi connectivity index (χ0) is 21.1. The first kappa shape index (κ1) is 20.3. The van der Waals surface area contributed by atoms with Gasteiger partial charge in [-0.15, -0.1) is 0 Å². The van der Waals surface area contributed by atoms with Gasteiger partial charge in [-0.2, -0.15) is 5.10 Å². The summed E-state index contributed by atoms with van der Waals surface area (Å²) in [5, 5.41) is 3.92. The Morgan fingerprint density at radius 2 is 1.83 bits per heavy atom. The lowest BCUT2D eigenvalue weighted by Crippen LogP contribution is -2.44. The molecule has 0 saturated carbocycles. The molecule has 0 unspecified atom stereocenters. The molecule has 3 aliphatic heterocycles. The number of aryl methyl sites for hydroxylation is 1. The van der Waals surface area contributed by atoms with Gasteiger partial charge in [0.25, 0.3) is 11.8 Å². The van der Waals surface area contributed by atoms with Gasteiger partial charge in [0, 0.05) is 50.6 Å². The number of rotatable bonds is 3. The summed E-state index contributed by atoms with van der Waals surface area (Å²) >= 11 is 0. The zero-order valence-corrected chi connectivity index (χ0v) is 17.3. The van der Waals surface area contributed by atoms with E-state index in [4.69, 9.17) is 4.98 Å². The van der Waals surface area contributed by atoms with Gasteiger partial charge in [0.1, 0.15) is 5.71 Å². The van der Waals surface area contributed by atoms with Crippen LogP contribution in [0.3, 0.4) is 0 Å². The van der Waals surface area contributed by atoms with Crippen molar-refractivity contribution in [1.29, 1.82) is 0 Å². The number of carbonyl (C=O) groups is 3. The lowest BCUT2D eigenvalue weighted by molar-refractivity contribution is -0.125. The molecule has 1 aromatic rings. The van der Waals surface area contributed by atoms with Gasteiger partial charge in [-0.3, -0.25) is 19.4 Å². The van der Waals surface area contributed by atoms with E-state index in [2.05, 4.69) is 16.6 Å². The highest BCUT2D eigenvalue weighted by Crippen LogP contribution is 2.30. The van der Waals surface area contributed by atoms with Gasteiger partial charge < -0.3 is 9.80 Å². The molecule has 0 radical (unpaired) electrons. The second kappa shape index (κ2) is 8.77. The standard InChI is InChI=1S/C22H27N5O3/c1-15-5-6-17(21(29)26-11-3-2-4-12-26)20(23-15)16-9-13-27(14-10-16)22(30)18-7-8-19(28)25-24-18/h2-3,5-6,16H,4,7-14H2,1H3,(H,25,28). The largest absolute Gasteiger partial charge is 0.337 e. The van der Waals surface area contributed by atoms with Crippen molar-refractivity contribution < 1.29 is 14.4 Å². The molecule has 8 nitrogen and oxygen atoms in total. The van der Waals surface area contributed by atoms with Gasteiger partial charge in [-0.25, -0.2) is 5.43 Å². The van der Waals surface area contributed by atoms with E-state index >= 15 is 0 Å². The highest BCUT2D eigenvalue weighted by atomic mass is 16.2. The summed E-state index contributed by atoms with van der Waals surface area (Å²) in [5.74, 6) is -0.0897. The fourth-order valence-corrected chi connectivity index (χ4v) is 4.23. The third kappa shape index (κ3) is 4.27. The van der Waals surface area contributed by atoms with Gasteiger partial charge >= 0.3 is 0 Å². The van der Waals surface area contributed by atoms with Crippen LogP contribution in [0.1, 0.15) is 59.8 Å². The van der Waals surface area contributed by atoms with Crippen molar-refractivity contribution >= 4 is 23.4 Å². The van der Waals surface area contributed by atoms with E-state index in [-0.39, 0.29) is 23.6 Å². The minimum atomic E-state index is -0.155. The molecule has 0 aromatic carbocycles. The van der Waals surface area contributed by atoms with Crippen LogP contribution in [0.4, 0.5) is 0 Å². The molecule has 0 aliphatic carbocycles. The van der Waals surface area contributed by atoms with E-state index in [9.17, 15) is 14.4 Å². The Morgan fingerprint density at radius 3 is 2.50 bits per heavy atom. The molecule has 158 valence electrons. The minimum Gasteiger partial charge on any atom is -0.337 e. The van der Waals surface area contributed by atoms with E-state index in [1.54, 1.807) is 4.90 Å². The number of aromatic nitrogens is 1. The summed E-state index contributed by atoms with van der Waals surface area (Å²) in [7, 11) is 0. The van der Waals surface area contributed by atoms with Crippen LogP contribution in [0, 0.1) is 6.92 Å². The van der Waals surface area contributed by atoms with Gasteiger partial charge in [0.05, 0.1) is 11.3 Å². The lowest BCUT2D eigenvalue weighted by atomic mass is 9.89. The van der Waals surface area contributed by atoms with Gasteiger partial charge in [-0.1, -0.05) is 12.2 Å². The minimum absolute atomic E-state index is 0.0349. The molecule has 1 saturated heterocycles. The molecule has 3 aliphatic rings. The topological polar surface area (TPSA) is 95.0 Å². The van der Waals surface area contributed by atoms with Crippen LogP contribution in [-0.4, -0.2) is 64.4 Å². The Balaban J connectivity index is 1.46. The number of nitrogens with zero attached hydrogens (tertiary/aromatic N) is 4. The van der Waals surface area contributed by atoms with Gasteiger partial charge in [0.15, 0.2) is 0 Å². The Bertz CT molecular complexity index is 915. The van der Waals surface area contributed by atoms with E-state index in [0.717, 1.165) is 37.2 Å². The fraction of sp³-hybridized carbons (Fsp3) is 0.500. The number of piperidine rings is 1. The predicted molar refractivity (Wildman–Crippen MR) is 112 cm³/mol. The molecular weight excluding hydrogens is 382 g/mol. The smallest absolute Gasteiger partial charge is 0.270 e. The summed E-state index contributed by atoms with van der Waals surface area (Å²) in [6.07, 6.45) is 7.20. The summed E-state index contributed by atoms with van der Waals surface area (Å²) in [5.41, 5.74) is 5.23. The SMILES string of the molecule is Cc1ccc(C(=O)N2CC=CCC2)c(C2CCN(C(=O)C3=NNC(=O)CC3)CC2)n1. The molecular formula is C22H27N5O3. The molecule has 30 heavy (non-hydrogen) atoms. The lowest BCUT2D eigenvalue weighted by Gasteiger charge is -2.33. The van der Waals surface area contributed by atoms with Crippen LogP contribution in [0.25, 0.3) is 0 Å². The number of nitrogens with one attached hydrogen (secondary N) is 1. The number of hydrogen-bond donors (Lipinski definition) is 1. The number of hydrogen-bond acceptors (Lipinski definition) is 5. The van der Waals surface area contributed by atoms with Crippen LogP contribution in [0.15, 0.2) is 29.4 Å². The van der Waals surface area contributed by atoms with E-state index in [0.29, 0.717) is 43.8 Å². The maximum Gasteiger partial charge on any atom is 0.270 e. The van der Waals surface area contributed by atoms with Crippen molar-refractivity contribution in [1.82, 2.24) is 20.2 Å². The molecule has 1 N–H and O–H groups in total. The van der Waals surface area contributed by atoms with E-state index in [1.807, 2.05) is 30.0 Å². The summed E-state index contributed by atoms with van der Waals surface area (Å²) < 4.78 is 0. The maximum atomic E-state index is 13.1. The zero-order valence-electron chi connectivity index (χ0n) is 17.3. The molecule has 4 rings (SSSR count). The number of likely N-dealkylation sites (tertiary alicyclic amines) is 1. The summed E-state index contributed by atoms with van der Waals surface area (Å²) in [4.78, 5) is 45.5. The van der Waals surface area contributed by atoms with Crippen molar-refractivity contribution in [2.24, 2.45) is 5.10 Å². The fourth-order valence-electron chi connectivity index (χ4n) is 4.23. The van der Waals surface area contributed by atoms with Crippen LogP contribution < -0.4 is 5.43 Å². The Morgan fingerprint density at radius 1 is 1.03 bits per heavy atom. The predicted octanol–water partition coefficient (Wildman–Crippen LogP) is 1.76. The molecule has 0 atom stereocenters. The molecule has 1 aromatic heterocycles. The molecule has 1 fully saturated rings. The number of carbonyl (C=O) groups excluding carboxylic acids is 3. The monoisotopic (exact) mass is 409 g/mol. The quantitative estimate of drug-likeness (QED) is 0.770. The van der Waals surface area contributed by atoms with Gasteiger partial charge in [-0.05, 0) is 38.3 Å². The first-order chi connectivity index (χ1) is 14.5. The molecule has 8 heteroatoms. The van der Waals surface area contributed by atoms with E-state index < -0.39 is 0 Å². The van der Waals surface area contributed by atoms with Crippen LogP contribution >= 0.6 is 0 Å². The normalized spacial score (nSPS) is 20.0. The first-order valence-electron chi connectivity index (χ1n) is 10.6. The molecule has 0 spiro atoms. The van der Waals surface area contributed by atoms with Crippen molar-refractivity contribution in [3.05, 3.63) is 41.2 Å². The van der Waals surface area contributed by atoms with Crippen LogP contribution in [0.5, 0.6) is 0 Å². The molecule has 0 bridgehead atoms.